The normalized spacial score (nSPS) is 15.3. The highest BCUT2D eigenvalue weighted by molar-refractivity contribution is 5.52. The molecule has 1 saturated heterocycles. The van der Waals surface area contributed by atoms with E-state index in [2.05, 4.69) is 27.9 Å². The van der Waals surface area contributed by atoms with E-state index in [0.717, 1.165) is 55.9 Å². The lowest BCUT2D eigenvalue weighted by molar-refractivity contribution is -0.109. The van der Waals surface area contributed by atoms with Gasteiger partial charge in [0.2, 0.25) is 0 Å². The summed E-state index contributed by atoms with van der Waals surface area (Å²) in [6.07, 6.45) is 12.0. The molecule has 0 bridgehead atoms. The Bertz CT molecular complexity index is 984. The summed E-state index contributed by atoms with van der Waals surface area (Å²) < 4.78 is 12.3. The monoisotopic (exact) mass is 444 g/mol. The van der Waals surface area contributed by atoms with Crippen LogP contribution in [0.25, 0.3) is 0 Å². The van der Waals surface area contributed by atoms with Crippen molar-refractivity contribution in [2.45, 2.75) is 20.1 Å². The average Bonchev–Trinajstić information content (AvgIpc) is 2.84. The van der Waals surface area contributed by atoms with E-state index in [0.29, 0.717) is 25.5 Å². The molecule has 1 fully saturated rings. The largest absolute Gasteiger partial charge is 0.485 e. The van der Waals surface area contributed by atoms with Crippen molar-refractivity contribution in [3.8, 4) is 23.8 Å². The van der Waals surface area contributed by atoms with Crippen LogP contribution in [0.15, 0.2) is 72.3 Å². The lowest BCUT2D eigenvalue weighted by atomic mass is 10.1. The van der Waals surface area contributed by atoms with E-state index in [1.165, 1.54) is 5.56 Å². The van der Waals surface area contributed by atoms with Crippen LogP contribution in [0.2, 0.25) is 0 Å². The third-order valence-electron chi connectivity index (χ3n) is 5.49. The summed E-state index contributed by atoms with van der Waals surface area (Å²) in [6, 6.07) is 16.2. The van der Waals surface area contributed by atoms with E-state index in [1.54, 1.807) is 6.08 Å². The number of nitrogens with zero attached hydrogens (tertiary/aromatic N) is 2. The number of rotatable bonds is 11. The fraction of sp³-hybridized carbons (Fsp3) is 0.321. The SMILES string of the molecule is C#C/C=C(\C=C/C)COc1ccc(CN2CCN(CC=O)CC2)cc1OCc1ccccc1. The highest BCUT2D eigenvalue weighted by atomic mass is 16.5. The van der Waals surface area contributed by atoms with E-state index in [4.69, 9.17) is 15.9 Å². The minimum absolute atomic E-state index is 0.369. The van der Waals surface area contributed by atoms with E-state index < -0.39 is 0 Å². The molecule has 0 aliphatic carbocycles. The van der Waals surface area contributed by atoms with Gasteiger partial charge in [-0.3, -0.25) is 9.80 Å². The Morgan fingerprint density at radius 1 is 1.00 bits per heavy atom. The van der Waals surface area contributed by atoms with Gasteiger partial charge in [0.1, 0.15) is 19.5 Å². The van der Waals surface area contributed by atoms with Crippen molar-refractivity contribution in [2.75, 3.05) is 39.3 Å². The van der Waals surface area contributed by atoms with Gasteiger partial charge in [0.05, 0.1) is 6.54 Å². The summed E-state index contributed by atoms with van der Waals surface area (Å²) in [4.78, 5) is 15.3. The molecule has 0 saturated carbocycles. The number of carbonyl (C=O) groups excluding carboxylic acids is 1. The Labute approximate surface area is 197 Å². The number of terminal acetylenes is 1. The summed E-state index contributed by atoms with van der Waals surface area (Å²) in [6.45, 7) is 7.83. The van der Waals surface area contributed by atoms with Gasteiger partial charge in [-0.2, -0.15) is 0 Å². The molecule has 0 N–H and O–H groups in total. The molecule has 0 spiro atoms. The number of allylic oxidation sites excluding steroid dienone is 2. The van der Waals surface area contributed by atoms with Crippen LogP contribution in [-0.4, -0.2) is 55.4 Å². The van der Waals surface area contributed by atoms with Crippen LogP contribution in [0.4, 0.5) is 0 Å². The van der Waals surface area contributed by atoms with Gasteiger partial charge in [-0.05, 0) is 41.8 Å². The van der Waals surface area contributed by atoms with Crippen LogP contribution < -0.4 is 9.47 Å². The van der Waals surface area contributed by atoms with Crippen molar-refractivity contribution < 1.29 is 14.3 Å². The zero-order valence-electron chi connectivity index (χ0n) is 19.3. The maximum absolute atomic E-state index is 10.7. The quantitative estimate of drug-likeness (QED) is 0.297. The number of benzene rings is 2. The maximum atomic E-state index is 10.7. The lowest BCUT2D eigenvalue weighted by Crippen LogP contribution is -2.46. The third kappa shape index (κ3) is 7.94. The van der Waals surface area contributed by atoms with Gasteiger partial charge in [0, 0.05) is 32.7 Å². The molecule has 3 rings (SSSR count). The van der Waals surface area contributed by atoms with Crippen LogP contribution in [-0.2, 0) is 17.9 Å². The van der Waals surface area contributed by atoms with Gasteiger partial charge >= 0.3 is 0 Å². The number of piperazine rings is 1. The smallest absolute Gasteiger partial charge is 0.162 e. The highest BCUT2D eigenvalue weighted by Crippen LogP contribution is 2.30. The predicted octanol–water partition coefficient (Wildman–Crippen LogP) is 4.10. The molecular formula is C28H32N2O3. The number of hydrogen-bond donors (Lipinski definition) is 0. The molecule has 0 aromatic heterocycles. The van der Waals surface area contributed by atoms with Crippen molar-refractivity contribution in [3.63, 3.8) is 0 Å². The van der Waals surface area contributed by atoms with Crippen molar-refractivity contribution in [1.82, 2.24) is 9.80 Å². The second-order valence-corrected chi connectivity index (χ2v) is 7.97. The number of ether oxygens (including phenoxy) is 2. The Morgan fingerprint density at radius 3 is 2.45 bits per heavy atom. The highest BCUT2D eigenvalue weighted by Gasteiger charge is 2.17. The fourth-order valence-corrected chi connectivity index (χ4v) is 3.73. The molecule has 172 valence electrons. The van der Waals surface area contributed by atoms with Gasteiger partial charge in [-0.15, -0.1) is 6.42 Å². The second kappa shape index (κ2) is 13.3. The molecular weight excluding hydrogens is 412 g/mol. The first kappa shape index (κ1) is 24.3. The average molecular weight is 445 g/mol. The van der Waals surface area contributed by atoms with Crippen LogP contribution in [0.5, 0.6) is 11.5 Å². The first-order valence-corrected chi connectivity index (χ1v) is 11.3. The van der Waals surface area contributed by atoms with Crippen molar-refractivity contribution in [1.29, 1.82) is 0 Å². The molecule has 1 heterocycles. The molecule has 33 heavy (non-hydrogen) atoms. The van der Waals surface area contributed by atoms with Crippen LogP contribution >= 0.6 is 0 Å². The first-order chi connectivity index (χ1) is 16.2. The number of aldehydes is 1. The van der Waals surface area contributed by atoms with Gasteiger partial charge in [0.25, 0.3) is 0 Å². The molecule has 2 aromatic carbocycles. The lowest BCUT2D eigenvalue weighted by Gasteiger charge is -2.33. The third-order valence-corrected chi connectivity index (χ3v) is 5.49. The Hall–Kier alpha value is -3.33. The van der Waals surface area contributed by atoms with E-state index in [1.807, 2.05) is 55.5 Å². The Balaban J connectivity index is 1.71. The van der Waals surface area contributed by atoms with Crippen molar-refractivity contribution >= 4 is 6.29 Å². The zero-order chi connectivity index (χ0) is 23.3. The Kier molecular flexibility index (Phi) is 9.78. The van der Waals surface area contributed by atoms with Crippen molar-refractivity contribution in [3.05, 3.63) is 83.5 Å². The summed E-state index contributed by atoms with van der Waals surface area (Å²) >= 11 is 0. The van der Waals surface area contributed by atoms with E-state index in [-0.39, 0.29) is 0 Å². The summed E-state index contributed by atoms with van der Waals surface area (Å²) in [5.74, 6) is 3.97. The fourth-order valence-electron chi connectivity index (χ4n) is 3.73. The first-order valence-electron chi connectivity index (χ1n) is 11.3. The predicted molar refractivity (Wildman–Crippen MR) is 132 cm³/mol. The molecule has 2 aromatic rings. The topological polar surface area (TPSA) is 42.0 Å². The Morgan fingerprint density at radius 2 is 1.76 bits per heavy atom. The standard InChI is InChI=1S/C28H32N2O3/c1-3-8-24(9-4-2)22-32-27-13-12-26(21-30-16-14-29(15-17-30)18-19-31)20-28(27)33-23-25-10-6-5-7-11-25/h1,4-13,19-20H,14-18,21-23H2,2H3/b9-4-,24-8+. The molecule has 0 unspecified atom stereocenters. The van der Waals surface area contributed by atoms with Crippen LogP contribution in [0.1, 0.15) is 18.1 Å². The van der Waals surface area contributed by atoms with Gasteiger partial charge < -0.3 is 14.3 Å². The zero-order valence-corrected chi connectivity index (χ0v) is 19.3. The minimum atomic E-state index is 0.369. The van der Waals surface area contributed by atoms with Gasteiger partial charge in [-0.25, -0.2) is 0 Å². The summed E-state index contributed by atoms with van der Waals surface area (Å²) in [7, 11) is 0. The van der Waals surface area contributed by atoms with E-state index in [9.17, 15) is 4.79 Å². The molecule has 1 aliphatic heterocycles. The molecule has 1 aliphatic rings. The van der Waals surface area contributed by atoms with Gasteiger partial charge in [0.15, 0.2) is 11.5 Å². The molecule has 0 atom stereocenters. The maximum Gasteiger partial charge on any atom is 0.162 e. The minimum Gasteiger partial charge on any atom is -0.485 e. The number of carbonyl (C=O) groups is 1. The van der Waals surface area contributed by atoms with Crippen LogP contribution in [0, 0.1) is 12.3 Å². The summed E-state index contributed by atoms with van der Waals surface area (Å²) in [5.41, 5.74) is 3.19. The molecule has 0 radical (unpaired) electrons. The van der Waals surface area contributed by atoms with E-state index >= 15 is 0 Å². The van der Waals surface area contributed by atoms with Gasteiger partial charge in [-0.1, -0.05) is 54.5 Å². The number of hydrogen-bond acceptors (Lipinski definition) is 5. The molecule has 0 amide bonds. The summed E-state index contributed by atoms with van der Waals surface area (Å²) in [5, 5.41) is 0. The second-order valence-electron chi connectivity index (χ2n) is 7.97. The van der Waals surface area contributed by atoms with Crippen molar-refractivity contribution in [2.24, 2.45) is 0 Å². The van der Waals surface area contributed by atoms with Crippen LogP contribution in [0.3, 0.4) is 0 Å². The molecule has 5 heteroatoms. The molecule has 5 nitrogen and oxygen atoms in total.